The van der Waals surface area contributed by atoms with Crippen molar-refractivity contribution in [3.63, 3.8) is 0 Å². The highest BCUT2D eigenvalue weighted by Crippen LogP contribution is 2.23. The molecular weight excluding hydrogens is 178 g/mol. The number of aliphatic hydroxyl groups excluding tert-OH is 1. The van der Waals surface area contributed by atoms with E-state index in [1.165, 1.54) is 12.8 Å². The van der Waals surface area contributed by atoms with Crippen LogP contribution in [0.3, 0.4) is 0 Å². The lowest BCUT2D eigenvalue weighted by Gasteiger charge is -2.38. The zero-order valence-electron chi connectivity index (χ0n) is 9.57. The molecule has 0 saturated heterocycles. The summed E-state index contributed by atoms with van der Waals surface area (Å²) in [6.07, 6.45) is 4.34. The fourth-order valence-electron chi connectivity index (χ4n) is 2.25. The number of aliphatic hydroxyl groups is 1. The number of hydrogen-bond donors (Lipinski definition) is 1. The molecule has 1 fully saturated rings. The largest absolute Gasteiger partial charge is 0.391 e. The molecule has 1 aliphatic rings. The van der Waals surface area contributed by atoms with Crippen LogP contribution in [0.25, 0.3) is 0 Å². The van der Waals surface area contributed by atoms with Crippen molar-refractivity contribution >= 4 is 0 Å². The molecule has 3 nitrogen and oxygen atoms in total. The van der Waals surface area contributed by atoms with Crippen molar-refractivity contribution in [3.05, 3.63) is 0 Å². The Hall–Kier alpha value is -0.120. The summed E-state index contributed by atoms with van der Waals surface area (Å²) in [6, 6.07) is 0.714. The van der Waals surface area contributed by atoms with E-state index >= 15 is 0 Å². The summed E-state index contributed by atoms with van der Waals surface area (Å²) >= 11 is 0. The van der Waals surface area contributed by atoms with Crippen LogP contribution in [0.5, 0.6) is 0 Å². The maximum Gasteiger partial charge on any atom is 0.0695 e. The van der Waals surface area contributed by atoms with Crippen molar-refractivity contribution in [2.24, 2.45) is 0 Å². The standard InChI is InChI=1S/C11H23NO2/c1-9(8-14-3)12(2)10-6-4-5-7-11(10)13/h9-11,13H,4-8H2,1-3H3/t9?,10-,11-/m0/s1. The first-order valence-corrected chi connectivity index (χ1v) is 5.55. The van der Waals surface area contributed by atoms with Crippen molar-refractivity contribution in [2.75, 3.05) is 20.8 Å². The molecule has 0 aromatic rings. The second-order valence-corrected chi connectivity index (χ2v) is 4.39. The minimum absolute atomic E-state index is 0.145. The van der Waals surface area contributed by atoms with Crippen LogP contribution in [-0.4, -0.2) is 49.0 Å². The van der Waals surface area contributed by atoms with Gasteiger partial charge in [-0.2, -0.15) is 0 Å². The Morgan fingerprint density at radius 3 is 2.64 bits per heavy atom. The van der Waals surface area contributed by atoms with E-state index in [2.05, 4.69) is 18.9 Å². The lowest BCUT2D eigenvalue weighted by Crippen LogP contribution is -2.48. The molecule has 0 spiro atoms. The summed E-state index contributed by atoms with van der Waals surface area (Å²) < 4.78 is 5.13. The summed E-state index contributed by atoms with van der Waals surface area (Å²) in [4.78, 5) is 2.26. The van der Waals surface area contributed by atoms with E-state index in [4.69, 9.17) is 4.74 Å². The van der Waals surface area contributed by atoms with Crippen LogP contribution >= 0.6 is 0 Å². The molecule has 0 aromatic heterocycles. The Bertz CT molecular complexity index is 163. The van der Waals surface area contributed by atoms with Gasteiger partial charge in [0.1, 0.15) is 0 Å². The average molecular weight is 201 g/mol. The van der Waals surface area contributed by atoms with Crippen molar-refractivity contribution < 1.29 is 9.84 Å². The predicted molar refractivity (Wildman–Crippen MR) is 57.4 cm³/mol. The Labute approximate surface area is 87.1 Å². The first kappa shape index (κ1) is 12.0. The normalized spacial score (nSPS) is 30.6. The van der Waals surface area contributed by atoms with E-state index in [0.29, 0.717) is 12.1 Å². The highest BCUT2D eigenvalue weighted by molar-refractivity contribution is 4.83. The molecule has 0 aliphatic heterocycles. The smallest absolute Gasteiger partial charge is 0.0695 e. The van der Waals surface area contributed by atoms with Crippen LogP contribution < -0.4 is 0 Å². The number of hydrogen-bond acceptors (Lipinski definition) is 3. The minimum Gasteiger partial charge on any atom is -0.391 e. The molecule has 1 aliphatic carbocycles. The summed E-state index contributed by atoms with van der Waals surface area (Å²) in [5, 5.41) is 9.87. The topological polar surface area (TPSA) is 32.7 Å². The molecule has 0 amide bonds. The van der Waals surface area contributed by atoms with Crippen LogP contribution in [0.4, 0.5) is 0 Å². The van der Waals surface area contributed by atoms with Crippen molar-refractivity contribution in [1.82, 2.24) is 4.90 Å². The molecule has 1 saturated carbocycles. The van der Waals surface area contributed by atoms with E-state index in [1.54, 1.807) is 7.11 Å². The third-order valence-corrected chi connectivity index (χ3v) is 3.32. The van der Waals surface area contributed by atoms with Gasteiger partial charge in [-0.15, -0.1) is 0 Å². The molecule has 1 unspecified atom stereocenters. The Balaban J connectivity index is 2.44. The third kappa shape index (κ3) is 2.94. The zero-order chi connectivity index (χ0) is 10.6. The number of rotatable bonds is 4. The van der Waals surface area contributed by atoms with Gasteiger partial charge in [-0.05, 0) is 26.8 Å². The van der Waals surface area contributed by atoms with Crippen molar-refractivity contribution in [3.8, 4) is 0 Å². The molecular formula is C11H23NO2. The minimum atomic E-state index is -0.145. The average Bonchev–Trinajstić information content (AvgIpc) is 2.18. The monoisotopic (exact) mass is 201 g/mol. The maximum atomic E-state index is 9.87. The number of nitrogens with zero attached hydrogens (tertiary/aromatic N) is 1. The fourth-order valence-corrected chi connectivity index (χ4v) is 2.25. The van der Waals surface area contributed by atoms with Crippen LogP contribution in [0.1, 0.15) is 32.6 Å². The lowest BCUT2D eigenvalue weighted by atomic mass is 9.91. The second-order valence-electron chi connectivity index (χ2n) is 4.39. The fraction of sp³-hybridized carbons (Fsp3) is 1.00. The van der Waals surface area contributed by atoms with E-state index in [-0.39, 0.29) is 6.10 Å². The van der Waals surface area contributed by atoms with Gasteiger partial charge in [-0.25, -0.2) is 0 Å². The van der Waals surface area contributed by atoms with Gasteiger partial charge in [0.15, 0.2) is 0 Å². The molecule has 1 N–H and O–H groups in total. The van der Waals surface area contributed by atoms with Crippen molar-refractivity contribution in [2.45, 2.75) is 50.8 Å². The summed E-state index contributed by atoms with van der Waals surface area (Å²) in [7, 11) is 3.81. The SMILES string of the molecule is COCC(C)N(C)[C@H]1CCCC[C@@H]1O. The van der Waals surface area contributed by atoms with Gasteiger partial charge in [-0.1, -0.05) is 12.8 Å². The van der Waals surface area contributed by atoms with Crippen LogP contribution in [0, 0.1) is 0 Å². The Morgan fingerprint density at radius 1 is 1.43 bits per heavy atom. The first-order valence-electron chi connectivity index (χ1n) is 5.55. The van der Waals surface area contributed by atoms with Crippen LogP contribution in [0.15, 0.2) is 0 Å². The van der Waals surface area contributed by atoms with Gasteiger partial charge < -0.3 is 9.84 Å². The molecule has 84 valence electrons. The number of likely N-dealkylation sites (N-methyl/N-ethyl adjacent to an activating group) is 1. The van der Waals surface area contributed by atoms with E-state index in [1.807, 2.05) is 0 Å². The molecule has 0 heterocycles. The van der Waals surface area contributed by atoms with Gasteiger partial charge in [0.05, 0.1) is 12.7 Å². The molecule has 0 radical (unpaired) electrons. The van der Waals surface area contributed by atoms with Gasteiger partial charge in [0.2, 0.25) is 0 Å². The second kappa shape index (κ2) is 5.69. The molecule has 3 atom stereocenters. The number of methoxy groups -OCH3 is 1. The van der Waals surface area contributed by atoms with Gasteiger partial charge >= 0.3 is 0 Å². The highest BCUT2D eigenvalue weighted by Gasteiger charge is 2.28. The first-order chi connectivity index (χ1) is 6.66. The van der Waals surface area contributed by atoms with E-state index in [0.717, 1.165) is 19.4 Å². The predicted octanol–water partition coefficient (Wildman–Crippen LogP) is 1.26. The highest BCUT2D eigenvalue weighted by atomic mass is 16.5. The Morgan fingerprint density at radius 2 is 2.07 bits per heavy atom. The summed E-state index contributed by atoms with van der Waals surface area (Å²) in [6.45, 7) is 2.88. The molecule has 3 heteroatoms. The molecule has 14 heavy (non-hydrogen) atoms. The van der Waals surface area contributed by atoms with Crippen LogP contribution in [-0.2, 0) is 4.74 Å². The van der Waals surface area contributed by atoms with Gasteiger partial charge in [-0.3, -0.25) is 4.90 Å². The molecule has 0 aromatic carbocycles. The lowest BCUT2D eigenvalue weighted by molar-refractivity contribution is -0.00102. The third-order valence-electron chi connectivity index (χ3n) is 3.32. The Kier molecular flexibility index (Phi) is 4.85. The van der Waals surface area contributed by atoms with Crippen LogP contribution in [0.2, 0.25) is 0 Å². The van der Waals surface area contributed by atoms with Gasteiger partial charge in [0, 0.05) is 19.2 Å². The van der Waals surface area contributed by atoms with Gasteiger partial charge in [0.25, 0.3) is 0 Å². The molecule has 1 rings (SSSR count). The van der Waals surface area contributed by atoms with E-state index < -0.39 is 0 Å². The van der Waals surface area contributed by atoms with E-state index in [9.17, 15) is 5.11 Å². The molecule has 0 bridgehead atoms. The quantitative estimate of drug-likeness (QED) is 0.743. The summed E-state index contributed by atoms with van der Waals surface area (Å²) in [5.41, 5.74) is 0. The zero-order valence-corrected chi connectivity index (χ0v) is 9.57. The summed E-state index contributed by atoms with van der Waals surface area (Å²) in [5.74, 6) is 0. The maximum absolute atomic E-state index is 9.87. The van der Waals surface area contributed by atoms with Crippen molar-refractivity contribution in [1.29, 1.82) is 0 Å². The number of ether oxygens (including phenoxy) is 1.